The molecule has 0 saturated carbocycles. The summed E-state index contributed by atoms with van der Waals surface area (Å²) in [6.45, 7) is 0. The summed E-state index contributed by atoms with van der Waals surface area (Å²) in [6, 6.07) is 4.14. The van der Waals surface area contributed by atoms with Crippen molar-refractivity contribution in [2.75, 3.05) is 0 Å². The van der Waals surface area contributed by atoms with Crippen molar-refractivity contribution in [2.24, 2.45) is 0 Å². The molecule has 0 saturated heterocycles. The predicted octanol–water partition coefficient (Wildman–Crippen LogP) is 2.02. The molecule has 0 amide bonds. The molecule has 0 radical (unpaired) electrons. The predicted molar refractivity (Wildman–Crippen MR) is 46.1 cm³/mol. The first-order valence-corrected chi connectivity index (χ1v) is 2.89. The molecule has 1 aromatic rings. The van der Waals surface area contributed by atoms with Crippen LogP contribution in [0.5, 0.6) is 0 Å². The van der Waals surface area contributed by atoms with Gasteiger partial charge in [-0.15, -0.1) is 24.8 Å². The number of fused-ring (bicyclic) bond motifs is 1. The van der Waals surface area contributed by atoms with Gasteiger partial charge in [-0.3, -0.25) is 4.98 Å². The van der Waals surface area contributed by atoms with Crippen LogP contribution < -0.4 is 0 Å². The van der Waals surface area contributed by atoms with E-state index >= 15 is 0 Å². The summed E-state index contributed by atoms with van der Waals surface area (Å²) < 4.78 is 0. The normalized spacial score (nSPS) is 11.6. The standard InChI is InChI=1S/C7H7N.2ClH/c1-2-6-3-4-7(6)8-5-1;;/h1-2,5H,3-4H2;2*1H. The Morgan fingerprint density at radius 2 is 2.00 bits per heavy atom. The molecule has 0 unspecified atom stereocenters. The summed E-state index contributed by atoms with van der Waals surface area (Å²) in [4.78, 5) is 4.17. The molecule has 2 rings (SSSR count). The van der Waals surface area contributed by atoms with Crippen LogP contribution in [0.3, 0.4) is 0 Å². The second-order valence-corrected chi connectivity index (χ2v) is 2.11. The molecule has 0 aliphatic heterocycles. The number of nitrogens with zero attached hydrogens (tertiary/aromatic N) is 1. The van der Waals surface area contributed by atoms with Gasteiger partial charge in [-0.05, 0) is 24.5 Å². The Morgan fingerprint density at radius 3 is 2.30 bits per heavy atom. The molecule has 0 fully saturated rings. The topological polar surface area (TPSA) is 12.9 Å². The molecule has 0 bridgehead atoms. The Balaban J connectivity index is 0.000000405. The number of hydrogen-bond acceptors (Lipinski definition) is 1. The molecule has 1 aromatic heterocycles. The van der Waals surface area contributed by atoms with Crippen molar-refractivity contribution < 1.29 is 0 Å². The minimum absolute atomic E-state index is 0. The maximum atomic E-state index is 4.17. The van der Waals surface area contributed by atoms with E-state index in [4.69, 9.17) is 0 Å². The smallest absolute Gasteiger partial charge is 0.0438 e. The van der Waals surface area contributed by atoms with E-state index in [1.807, 2.05) is 12.3 Å². The zero-order valence-corrected chi connectivity index (χ0v) is 7.04. The minimum atomic E-state index is 0. The molecule has 56 valence electrons. The average Bonchev–Trinajstić information content (AvgIpc) is 1.72. The number of halogens is 2. The largest absolute Gasteiger partial charge is 0.261 e. The van der Waals surface area contributed by atoms with Crippen LogP contribution in [-0.2, 0) is 12.8 Å². The molecular weight excluding hydrogens is 169 g/mol. The quantitative estimate of drug-likeness (QED) is 0.592. The first-order chi connectivity index (χ1) is 3.97. The average molecular weight is 178 g/mol. The van der Waals surface area contributed by atoms with Crippen LogP contribution in [0.1, 0.15) is 11.3 Å². The fraction of sp³-hybridized carbons (Fsp3) is 0.286. The second kappa shape index (κ2) is 3.79. The fourth-order valence-electron chi connectivity index (χ4n) is 1.00. The highest BCUT2D eigenvalue weighted by Gasteiger charge is 2.11. The first-order valence-electron chi connectivity index (χ1n) is 2.89. The van der Waals surface area contributed by atoms with Gasteiger partial charge >= 0.3 is 0 Å². The summed E-state index contributed by atoms with van der Waals surface area (Å²) in [6.07, 6.45) is 4.29. The molecule has 1 aliphatic carbocycles. The molecule has 1 heterocycles. The van der Waals surface area contributed by atoms with Gasteiger partial charge in [0.25, 0.3) is 0 Å². The first kappa shape index (κ1) is 9.73. The number of pyridine rings is 1. The van der Waals surface area contributed by atoms with Crippen molar-refractivity contribution in [1.82, 2.24) is 4.98 Å². The van der Waals surface area contributed by atoms with Gasteiger partial charge in [-0.2, -0.15) is 0 Å². The fourth-order valence-corrected chi connectivity index (χ4v) is 1.00. The highest BCUT2D eigenvalue weighted by Crippen LogP contribution is 2.17. The van der Waals surface area contributed by atoms with Crippen LogP contribution in [0.4, 0.5) is 0 Å². The number of aromatic nitrogens is 1. The van der Waals surface area contributed by atoms with Gasteiger partial charge in [-0.1, -0.05) is 6.07 Å². The lowest BCUT2D eigenvalue weighted by molar-refractivity contribution is 0.789. The molecule has 10 heavy (non-hydrogen) atoms. The van der Waals surface area contributed by atoms with Crippen LogP contribution in [0.25, 0.3) is 0 Å². The molecular formula is C7H9Cl2N. The van der Waals surface area contributed by atoms with Gasteiger partial charge < -0.3 is 0 Å². The van der Waals surface area contributed by atoms with E-state index in [0.717, 1.165) is 0 Å². The lowest BCUT2D eigenvalue weighted by Crippen LogP contribution is -2.09. The molecule has 3 heteroatoms. The molecule has 0 N–H and O–H groups in total. The summed E-state index contributed by atoms with van der Waals surface area (Å²) >= 11 is 0. The number of rotatable bonds is 0. The van der Waals surface area contributed by atoms with E-state index in [0.29, 0.717) is 0 Å². The zero-order chi connectivity index (χ0) is 5.40. The zero-order valence-electron chi connectivity index (χ0n) is 5.41. The Kier molecular flexibility index (Phi) is 3.69. The second-order valence-electron chi connectivity index (χ2n) is 2.11. The van der Waals surface area contributed by atoms with Crippen LogP contribution in [0.15, 0.2) is 18.3 Å². The Morgan fingerprint density at radius 1 is 1.20 bits per heavy atom. The molecule has 0 atom stereocenters. The SMILES string of the molecule is Cl.Cl.c1cnc2c(c1)CC2. The van der Waals surface area contributed by atoms with Gasteiger partial charge in [0.15, 0.2) is 0 Å². The van der Waals surface area contributed by atoms with Gasteiger partial charge in [-0.25, -0.2) is 0 Å². The Labute approximate surface area is 72.7 Å². The van der Waals surface area contributed by atoms with Crippen molar-refractivity contribution in [3.05, 3.63) is 29.6 Å². The highest BCUT2D eigenvalue weighted by atomic mass is 35.5. The summed E-state index contributed by atoms with van der Waals surface area (Å²) in [7, 11) is 0. The Hall–Kier alpha value is -0.270. The third kappa shape index (κ3) is 1.41. The van der Waals surface area contributed by atoms with Crippen molar-refractivity contribution in [2.45, 2.75) is 12.8 Å². The maximum absolute atomic E-state index is 4.17. The van der Waals surface area contributed by atoms with Gasteiger partial charge in [0.2, 0.25) is 0 Å². The van der Waals surface area contributed by atoms with Crippen LogP contribution in [0, 0.1) is 0 Å². The monoisotopic (exact) mass is 177 g/mol. The molecule has 1 nitrogen and oxygen atoms in total. The lowest BCUT2D eigenvalue weighted by atomic mass is 9.95. The van der Waals surface area contributed by atoms with Crippen LogP contribution in [-0.4, -0.2) is 4.98 Å². The Bertz CT molecular complexity index is 190. The lowest BCUT2D eigenvalue weighted by Gasteiger charge is -2.14. The van der Waals surface area contributed by atoms with E-state index < -0.39 is 0 Å². The molecule has 0 aromatic carbocycles. The maximum Gasteiger partial charge on any atom is 0.0438 e. The van der Waals surface area contributed by atoms with Crippen molar-refractivity contribution in [3.8, 4) is 0 Å². The number of hydrogen-bond donors (Lipinski definition) is 0. The van der Waals surface area contributed by atoms with Gasteiger partial charge in [0.1, 0.15) is 0 Å². The summed E-state index contributed by atoms with van der Waals surface area (Å²) in [5.74, 6) is 0. The number of aryl methyl sites for hydroxylation is 2. The van der Waals surface area contributed by atoms with E-state index in [-0.39, 0.29) is 24.8 Å². The minimum Gasteiger partial charge on any atom is -0.261 e. The van der Waals surface area contributed by atoms with E-state index in [1.165, 1.54) is 24.1 Å². The third-order valence-electron chi connectivity index (χ3n) is 1.62. The van der Waals surface area contributed by atoms with Crippen molar-refractivity contribution in [1.29, 1.82) is 0 Å². The van der Waals surface area contributed by atoms with Crippen LogP contribution >= 0.6 is 24.8 Å². The van der Waals surface area contributed by atoms with Crippen molar-refractivity contribution in [3.63, 3.8) is 0 Å². The summed E-state index contributed by atoms with van der Waals surface area (Å²) in [5, 5.41) is 0. The van der Waals surface area contributed by atoms with E-state index in [1.54, 1.807) is 0 Å². The van der Waals surface area contributed by atoms with Gasteiger partial charge in [0, 0.05) is 11.9 Å². The van der Waals surface area contributed by atoms with E-state index in [9.17, 15) is 0 Å². The van der Waals surface area contributed by atoms with Gasteiger partial charge in [0.05, 0.1) is 0 Å². The highest BCUT2D eigenvalue weighted by molar-refractivity contribution is 5.85. The van der Waals surface area contributed by atoms with Crippen LogP contribution in [0.2, 0.25) is 0 Å². The molecule has 0 spiro atoms. The summed E-state index contributed by atoms with van der Waals surface area (Å²) in [5.41, 5.74) is 2.74. The van der Waals surface area contributed by atoms with E-state index in [2.05, 4.69) is 11.1 Å². The molecule has 1 aliphatic rings. The van der Waals surface area contributed by atoms with Crippen molar-refractivity contribution >= 4 is 24.8 Å². The third-order valence-corrected chi connectivity index (χ3v) is 1.62.